The number of rotatable bonds is 4. The van der Waals surface area contributed by atoms with Gasteiger partial charge in [-0.05, 0) is 62.7 Å². The standard InChI is InChI=1S/C25H25FN4O/c1-17-15-25(2,3)29(4)23-14-21(26)18(13-20(17)23)16-27-28-24(31)19-9-5-6-10-22(19)30-11-7-8-12-30/h5-16H,1-4H3,(H,28,31)/b27-16-. The number of hydrogen-bond donors (Lipinski definition) is 1. The van der Waals surface area contributed by atoms with Crippen molar-refractivity contribution in [3.8, 4) is 5.69 Å². The Labute approximate surface area is 181 Å². The second kappa shape index (κ2) is 7.87. The number of hydrazone groups is 1. The van der Waals surface area contributed by atoms with Gasteiger partial charge in [-0.2, -0.15) is 5.10 Å². The number of carbonyl (C=O) groups excluding carboxylic acids is 1. The summed E-state index contributed by atoms with van der Waals surface area (Å²) in [5.41, 5.74) is 6.73. The molecule has 2 heterocycles. The number of amides is 1. The molecule has 0 unspecified atom stereocenters. The predicted molar refractivity (Wildman–Crippen MR) is 123 cm³/mol. The van der Waals surface area contributed by atoms with Crippen LogP contribution in [-0.4, -0.2) is 29.3 Å². The molecule has 3 aromatic rings. The van der Waals surface area contributed by atoms with Crippen molar-refractivity contribution in [1.29, 1.82) is 0 Å². The van der Waals surface area contributed by atoms with Gasteiger partial charge in [0.05, 0.1) is 23.0 Å². The average molecular weight is 417 g/mol. The van der Waals surface area contributed by atoms with E-state index in [1.165, 1.54) is 12.3 Å². The topological polar surface area (TPSA) is 49.6 Å². The maximum absolute atomic E-state index is 14.8. The maximum Gasteiger partial charge on any atom is 0.273 e. The Kier molecular flexibility index (Phi) is 5.23. The number of halogens is 1. The fourth-order valence-electron chi connectivity index (χ4n) is 3.89. The van der Waals surface area contributed by atoms with Gasteiger partial charge in [-0.25, -0.2) is 9.82 Å². The number of nitrogens with zero attached hydrogens (tertiary/aromatic N) is 3. The maximum atomic E-state index is 14.8. The van der Waals surface area contributed by atoms with Crippen LogP contribution < -0.4 is 10.3 Å². The zero-order valence-electron chi connectivity index (χ0n) is 18.1. The lowest BCUT2D eigenvalue weighted by atomic mass is 9.88. The van der Waals surface area contributed by atoms with Gasteiger partial charge in [0.15, 0.2) is 0 Å². The lowest BCUT2D eigenvalue weighted by Crippen LogP contribution is -2.42. The fourth-order valence-corrected chi connectivity index (χ4v) is 3.89. The second-order valence-electron chi connectivity index (χ2n) is 8.24. The molecule has 1 amide bonds. The SMILES string of the molecule is CC1=CC(C)(C)N(C)c2cc(F)c(/C=N\NC(=O)c3ccccc3-n3cccc3)cc21. The molecule has 0 radical (unpaired) electrons. The van der Waals surface area contributed by atoms with Crippen molar-refractivity contribution in [2.45, 2.75) is 26.3 Å². The van der Waals surface area contributed by atoms with Crippen molar-refractivity contribution < 1.29 is 9.18 Å². The highest BCUT2D eigenvalue weighted by atomic mass is 19.1. The molecule has 1 N–H and O–H groups in total. The van der Waals surface area contributed by atoms with E-state index in [1.54, 1.807) is 18.2 Å². The molecule has 1 aromatic heterocycles. The quantitative estimate of drug-likeness (QED) is 0.480. The Hall–Kier alpha value is -3.67. The van der Waals surface area contributed by atoms with Crippen molar-refractivity contribution in [3.63, 3.8) is 0 Å². The summed E-state index contributed by atoms with van der Waals surface area (Å²) in [5.74, 6) is -0.752. The Morgan fingerprint density at radius 3 is 2.55 bits per heavy atom. The molecule has 5 nitrogen and oxygen atoms in total. The molecule has 0 spiro atoms. The van der Waals surface area contributed by atoms with Crippen LogP contribution in [0.4, 0.5) is 10.1 Å². The molecule has 0 fully saturated rings. The van der Waals surface area contributed by atoms with Crippen LogP contribution in [-0.2, 0) is 0 Å². The molecule has 2 aromatic carbocycles. The minimum atomic E-state index is -0.387. The van der Waals surface area contributed by atoms with Crippen LogP contribution in [0.2, 0.25) is 0 Å². The first-order valence-electron chi connectivity index (χ1n) is 10.1. The van der Waals surface area contributed by atoms with Crippen LogP contribution in [0.1, 0.15) is 42.3 Å². The Morgan fingerprint density at radius 1 is 1.10 bits per heavy atom. The number of nitrogens with one attached hydrogen (secondary N) is 1. The van der Waals surface area contributed by atoms with E-state index in [0.29, 0.717) is 11.1 Å². The molecule has 1 aliphatic heterocycles. The molecule has 0 atom stereocenters. The van der Waals surface area contributed by atoms with Gasteiger partial charge < -0.3 is 9.47 Å². The van der Waals surface area contributed by atoms with E-state index in [2.05, 4.69) is 35.4 Å². The van der Waals surface area contributed by atoms with E-state index in [9.17, 15) is 9.18 Å². The predicted octanol–water partition coefficient (Wildman–Crippen LogP) is 5.01. The van der Waals surface area contributed by atoms with Crippen LogP contribution in [0.25, 0.3) is 11.3 Å². The van der Waals surface area contributed by atoms with Crippen molar-refractivity contribution in [3.05, 3.63) is 89.5 Å². The number of carbonyl (C=O) groups is 1. The Bertz CT molecular complexity index is 1190. The normalized spacial score (nSPS) is 15.0. The minimum absolute atomic E-state index is 0.194. The Morgan fingerprint density at radius 2 is 1.81 bits per heavy atom. The smallest absolute Gasteiger partial charge is 0.273 e. The van der Waals surface area contributed by atoms with E-state index < -0.39 is 0 Å². The minimum Gasteiger partial charge on any atom is -0.365 e. The highest BCUT2D eigenvalue weighted by Crippen LogP contribution is 2.38. The zero-order valence-corrected chi connectivity index (χ0v) is 18.1. The first kappa shape index (κ1) is 20.6. The first-order chi connectivity index (χ1) is 14.8. The molecule has 31 heavy (non-hydrogen) atoms. The summed E-state index contributed by atoms with van der Waals surface area (Å²) < 4.78 is 16.6. The summed E-state index contributed by atoms with van der Waals surface area (Å²) in [6, 6.07) is 14.3. The molecular weight excluding hydrogens is 391 g/mol. The Balaban J connectivity index is 1.57. The van der Waals surface area contributed by atoms with E-state index in [4.69, 9.17) is 0 Å². The summed E-state index contributed by atoms with van der Waals surface area (Å²) in [6.45, 7) is 6.20. The van der Waals surface area contributed by atoms with Gasteiger partial charge in [-0.15, -0.1) is 0 Å². The van der Waals surface area contributed by atoms with E-state index in [-0.39, 0.29) is 17.3 Å². The van der Waals surface area contributed by atoms with Crippen molar-refractivity contribution in [2.75, 3.05) is 11.9 Å². The summed E-state index contributed by atoms with van der Waals surface area (Å²) >= 11 is 0. The number of benzene rings is 2. The number of likely N-dealkylation sites (N-methyl/N-ethyl adjacent to an activating group) is 1. The van der Waals surface area contributed by atoms with E-state index >= 15 is 0 Å². The summed E-state index contributed by atoms with van der Waals surface area (Å²) in [7, 11) is 1.96. The molecule has 4 rings (SSSR count). The molecule has 0 saturated carbocycles. The number of allylic oxidation sites excluding steroid dienone is 1. The monoisotopic (exact) mass is 416 g/mol. The highest BCUT2D eigenvalue weighted by Gasteiger charge is 2.29. The molecular formula is C25H25FN4O. The molecule has 1 aliphatic rings. The summed E-state index contributed by atoms with van der Waals surface area (Å²) in [6.07, 6.45) is 7.24. The number of aromatic nitrogens is 1. The van der Waals surface area contributed by atoms with Crippen molar-refractivity contribution >= 4 is 23.4 Å². The summed E-state index contributed by atoms with van der Waals surface area (Å²) in [5, 5.41) is 4.02. The molecule has 158 valence electrons. The van der Waals surface area contributed by atoms with Gasteiger partial charge in [0.2, 0.25) is 0 Å². The highest BCUT2D eigenvalue weighted by molar-refractivity contribution is 5.98. The van der Waals surface area contributed by atoms with E-state index in [1.807, 2.05) is 55.2 Å². The van der Waals surface area contributed by atoms with Gasteiger partial charge in [-0.1, -0.05) is 18.2 Å². The lowest BCUT2D eigenvalue weighted by Gasteiger charge is -2.40. The van der Waals surface area contributed by atoms with Crippen LogP contribution in [0.15, 0.2) is 72.1 Å². The number of hydrogen-bond acceptors (Lipinski definition) is 3. The van der Waals surface area contributed by atoms with Crippen LogP contribution in [0.5, 0.6) is 0 Å². The molecule has 6 heteroatoms. The molecule has 0 saturated heterocycles. The van der Waals surface area contributed by atoms with Gasteiger partial charge in [-0.3, -0.25) is 4.79 Å². The number of para-hydroxylation sites is 1. The van der Waals surface area contributed by atoms with Gasteiger partial charge in [0.25, 0.3) is 5.91 Å². The van der Waals surface area contributed by atoms with Crippen LogP contribution >= 0.6 is 0 Å². The average Bonchev–Trinajstić information content (AvgIpc) is 3.27. The zero-order chi connectivity index (χ0) is 22.2. The molecule has 0 bridgehead atoms. The fraction of sp³-hybridized carbons (Fsp3) is 0.200. The number of anilines is 1. The third-order valence-corrected chi connectivity index (χ3v) is 5.74. The summed E-state index contributed by atoms with van der Waals surface area (Å²) in [4.78, 5) is 14.7. The lowest BCUT2D eigenvalue weighted by molar-refractivity contribution is 0.0955. The van der Waals surface area contributed by atoms with Crippen LogP contribution in [0.3, 0.4) is 0 Å². The van der Waals surface area contributed by atoms with Gasteiger partial charge in [0, 0.05) is 36.3 Å². The molecule has 0 aliphatic carbocycles. The number of fused-ring (bicyclic) bond motifs is 1. The van der Waals surface area contributed by atoms with Gasteiger partial charge >= 0.3 is 0 Å². The second-order valence-corrected chi connectivity index (χ2v) is 8.24. The van der Waals surface area contributed by atoms with Crippen molar-refractivity contribution in [2.24, 2.45) is 5.10 Å². The van der Waals surface area contributed by atoms with Gasteiger partial charge in [0.1, 0.15) is 5.82 Å². The first-order valence-corrected chi connectivity index (χ1v) is 10.1. The van der Waals surface area contributed by atoms with E-state index in [0.717, 1.165) is 22.5 Å². The third-order valence-electron chi connectivity index (χ3n) is 5.74. The van der Waals surface area contributed by atoms with Crippen LogP contribution in [0, 0.1) is 5.82 Å². The largest absolute Gasteiger partial charge is 0.365 e. The van der Waals surface area contributed by atoms with Crippen molar-refractivity contribution in [1.82, 2.24) is 9.99 Å². The third kappa shape index (κ3) is 3.89.